The number of nitrogens with one attached hydrogen (secondary N) is 1. The molecule has 1 N–H and O–H groups in total. The standard InChI is InChI=1S/C19H23Cl2N5O/c20-14-7-8-16(15(21)11-14)22-19(27)25-9-4-5-13(12-25)18-24-23-17-6-2-1-3-10-26(17)18/h7-8,11,13H,1-6,9-10,12H2,(H,22,27). The zero-order valence-corrected chi connectivity index (χ0v) is 16.6. The molecule has 3 heterocycles. The van der Waals surface area contributed by atoms with Gasteiger partial charge < -0.3 is 14.8 Å². The number of fused-ring (bicyclic) bond motifs is 1. The van der Waals surface area contributed by atoms with Crippen molar-refractivity contribution in [3.63, 3.8) is 0 Å². The van der Waals surface area contributed by atoms with Crippen molar-refractivity contribution in [2.45, 2.75) is 51.0 Å². The van der Waals surface area contributed by atoms with E-state index < -0.39 is 0 Å². The van der Waals surface area contributed by atoms with Gasteiger partial charge in [-0.25, -0.2) is 4.79 Å². The zero-order chi connectivity index (χ0) is 18.8. The van der Waals surface area contributed by atoms with E-state index in [1.54, 1.807) is 18.2 Å². The van der Waals surface area contributed by atoms with E-state index in [0.29, 0.717) is 22.3 Å². The number of aryl methyl sites for hydroxylation is 1. The summed E-state index contributed by atoms with van der Waals surface area (Å²) < 4.78 is 2.29. The van der Waals surface area contributed by atoms with Gasteiger partial charge in [0.05, 0.1) is 10.7 Å². The van der Waals surface area contributed by atoms with Gasteiger partial charge in [0.1, 0.15) is 11.6 Å². The molecule has 0 aliphatic carbocycles. The minimum absolute atomic E-state index is 0.139. The molecule has 144 valence electrons. The number of hydrogen-bond donors (Lipinski definition) is 1. The van der Waals surface area contributed by atoms with Crippen LogP contribution in [0.15, 0.2) is 18.2 Å². The number of benzene rings is 1. The number of carbonyl (C=O) groups excluding carboxylic acids is 1. The first-order chi connectivity index (χ1) is 13.1. The van der Waals surface area contributed by atoms with Crippen LogP contribution in [0.5, 0.6) is 0 Å². The Morgan fingerprint density at radius 3 is 2.85 bits per heavy atom. The summed E-state index contributed by atoms with van der Waals surface area (Å²) in [6.45, 7) is 2.37. The zero-order valence-electron chi connectivity index (χ0n) is 15.1. The first-order valence-corrected chi connectivity index (χ1v) is 10.3. The number of halogens is 2. The van der Waals surface area contributed by atoms with Crippen LogP contribution >= 0.6 is 23.2 Å². The Balaban J connectivity index is 1.46. The molecular formula is C19H23Cl2N5O. The van der Waals surface area contributed by atoms with Gasteiger partial charge in [-0.15, -0.1) is 10.2 Å². The van der Waals surface area contributed by atoms with Crippen molar-refractivity contribution < 1.29 is 4.79 Å². The summed E-state index contributed by atoms with van der Waals surface area (Å²) in [5.41, 5.74) is 0.574. The van der Waals surface area contributed by atoms with Gasteiger partial charge >= 0.3 is 6.03 Å². The molecule has 2 aliphatic rings. The van der Waals surface area contributed by atoms with E-state index in [0.717, 1.165) is 44.0 Å². The van der Waals surface area contributed by atoms with E-state index in [4.69, 9.17) is 23.2 Å². The predicted octanol–water partition coefficient (Wildman–Crippen LogP) is 4.72. The second-order valence-corrected chi connectivity index (χ2v) is 8.12. The average Bonchev–Trinajstić information content (AvgIpc) is 2.92. The molecule has 8 heteroatoms. The fraction of sp³-hybridized carbons (Fsp3) is 0.526. The molecule has 4 rings (SSSR count). The van der Waals surface area contributed by atoms with Crippen LogP contribution in [0.25, 0.3) is 0 Å². The number of nitrogens with zero attached hydrogens (tertiary/aromatic N) is 4. The SMILES string of the molecule is O=C(Nc1ccc(Cl)cc1Cl)N1CCCC(c2nnc3n2CCCCC3)C1. The molecule has 1 aromatic carbocycles. The normalized spacial score (nSPS) is 20.1. The molecule has 27 heavy (non-hydrogen) atoms. The van der Waals surface area contributed by atoms with Gasteiger partial charge in [0, 0.05) is 37.0 Å². The monoisotopic (exact) mass is 407 g/mol. The smallest absolute Gasteiger partial charge is 0.321 e. The molecule has 6 nitrogen and oxygen atoms in total. The van der Waals surface area contributed by atoms with Gasteiger partial charge in [0.15, 0.2) is 0 Å². The van der Waals surface area contributed by atoms with Gasteiger partial charge in [-0.2, -0.15) is 0 Å². The molecule has 0 saturated carbocycles. The highest BCUT2D eigenvalue weighted by molar-refractivity contribution is 6.36. The van der Waals surface area contributed by atoms with Crippen molar-refractivity contribution in [2.75, 3.05) is 18.4 Å². The molecule has 0 bridgehead atoms. The third-order valence-corrected chi connectivity index (χ3v) is 5.93. The van der Waals surface area contributed by atoms with Crippen LogP contribution < -0.4 is 5.32 Å². The molecule has 1 fully saturated rings. The Morgan fingerprint density at radius 1 is 1.11 bits per heavy atom. The molecule has 1 saturated heterocycles. The van der Waals surface area contributed by atoms with E-state index in [9.17, 15) is 4.79 Å². The van der Waals surface area contributed by atoms with E-state index in [1.165, 1.54) is 19.3 Å². The molecule has 0 spiro atoms. The molecule has 1 atom stereocenters. The van der Waals surface area contributed by atoms with Crippen molar-refractivity contribution in [3.8, 4) is 0 Å². The number of hydrogen-bond acceptors (Lipinski definition) is 3. The lowest BCUT2D eigenvalue weighted by molar-refractivity contribution is 0.190. The molecular weight excluding hydrogens is 385 g/mol. The molecule has 2 aromatic rings. The van der Waals surface area contributed by atoms with Gasteiger partial charge in [-0.1, -0.05) is 29.6 Å². The molecule has 0 radical (unpaired) electrons. The fourth-order valence-electron chi connectivity index (χ4n) is 3.97. The Hall–Kier alpha value is -1.79. The molecule has 2 amide bonds. The summed E-state index contributed by atoms with van der Waals surface area (Å²) in [6, 6.07) is 4.93. The lowest BCUT2D eigenvalue weighted by Crippen LogP contribution is -2.42. The fourth-order valence-corrected chi connectivity index (χ4v) is 4.42. The summed E-state index contributed by atoms with van der Waals surface area (Å²) in [5, 5.41) is 12.8. The van der Waals surface area contributed by atoms with Gasteiger partial charge in [-0.3, -0.25) is 0 Å². The topological polar surface area (TPSA) is 63.1 Å². The first-order valence-electron chi connectivity index (χ1n) is 9.55. The van der Waals surface area contributed by atoms with Crippen molar-refractivity contribution >= 4 is 34.9 Å². The van der Waals surface area contributed by atoms with Gasteiger partial charge in [0.2, 0.25) is 0 Å². The van der Waals surface area contributed by atoms with Crippen LogP contribution in [0.1, 0.15) is 49.7 Å². The maximum absolute atomic E-state index is 12.7. The Bertz CT molecular complexity index is 838. The number of likely N-dealkylation sites (tertiary alicyclic amines) is 1. The summed E-state index contributed by atoms with van der Waals surface area (Å²) in [7, 11) is 0. The van der Waals surface area contributed by atoms with E-state index in [-0.39, 0.29) is 11.9 Å². The van der Waals surface area contributed by atoms with Crippen molar-refractivity contribution in [3.05, 3.63) is 39.9 Å². The Labute approximate surface area is 168 Å². The predicted molar refractivity (Wildman–Crippen MR) is 107 cm³/mol. The summed E-state index contributed by atoms with van der Waals surface area (Å²) in [4.78, 5) is 14.6. The highest BCUT2D eigenvalue weighted by atomic mass is 35.5. The third kappa shape index (κ3) is 4.06. The minimum Gasteiger partial charge on any atom is -0.324 e. The van der Waals surface area contributed by atoms with Crippen molar-refractivity contribution in [1.82, 2.24) is 19.7 Å². The van der Waals surface area contributed by atoms with Crippen LogP contribution in [0.2, 0.25) is 10.0 Å². The summed E-state index contributed by atoms with van der Waals surface area (Å²) >= 11 is 12.1. The lowest BCUT2D eigenvalue weighted by Gasteiger charge is -2.32. The van der Waals surface area contributed by atoms with Crippen LogP contribution in [-0.4, -0.2) is 38.8 Å². The van der Waals surface area contributed by atoms with Crippen LogP contribution in [0.4, 0.5) is 10.5 Å². The minimum atomic E-state index is -0.139. The summed E-state index contributed by atoms with van der Waals surface area (Å²) in [6.07, 6.45) is 6.57. The summed E-state index contributed by atoms with van der Waals surface area (Å²) in [5.74, 6) is 2.36. The largest absolute Gasteiger partial charge is 0.324 e. The number of piperidine rings is 1. The number of anilines is 1. The second kappa shape index (κ2) is 8.07. The molecule has 2 aliphatic heterocycles. The maximum Gasteiger partial charge on any atom is 0.321 e. The maximum atomic E-state index is 12.7. The Kier molecular flexibility index (Phi) is 5.55. The quantitative estimate of drug-likeness (QED) is 0.782. The second-order valence-electron chi connectivity index (χ2n) is 7.28. The van der Waals surface area contributed by atoms with Gasteiger partial charge in [0.25, 0.3) is 0 Å². The average molecular weight is 408 g/mol. The molecule has 1 unspecified atom stereocenters. The van der Waals surface area contributed by atoms with Gasteiger partial charge in [-0.05, 0) is 43.9 Å². The lowest BCUT2D eigenvalue weighted by atomic mass is 9.97. The van der Waals surface area contributed by atoms with Crippen LogP contribution in [0, 0.1) is 0 Å². The van der Waals surface area contributed by atoms with E-state index >= 15 is 0 Å². The number of amides is 2. The van der Waals surface area contributed by atoms with Crippen molar-refractivity contribution in [1.29, 1.82) is 0 Å². The third-order valence-electron chi connectivity index (χ3n) is 5.38. The number of aromatic nitrogens is 3. The highest BCUT2D eigenvalue weighted by Gasteiger charge is 2.29. The first kappa shape index (κ1) is 18.6. The number of carbonyl (C=O) groups is 1. The number of rotatable bonds is 2. The highest BCUT2D eigenvalue weighted by Crippen LogP contribution is 2.29. The van der Waals surface area contributed by atoms with E-state index in [2.05, 4.69) is 20.1 Å². The van der Waals surface area contributed by atoms with Crippen LogP contribution in [-0.2, 0) is 13.0 Å². The Morgan fingerprint density at radius 2 is 2.00 bits per heavy atom. The number of urea groups is 1. The van der Waals surface area contributed by atoms with Crippen molar-refractivity contribution in [2.24, 2.45) is 0 Å². The van der Waals surface area contributed by atoms with E-state index in [1.807, 2.05) is 4.90 Å². The van der Waals surface area contributed by atoms with Crippen LogP contribution in [0.3, 0.4) is 0 Å². The molecule has 1 aromatic heterocycles.